The lowest BCUT2D eigenvalue weighted by Crippen LogP contribution is -2.47. The molecule has 4 nitrogen and oxygen atoms in total. The number of carbonyl (C=O) groups excluding carboxylic acids is 1. The highest BCUT2D eigenvalue weighted by Gasteiger charge is 2.44. The molecule has 0 bridgehead atoms. The molecule has 1 saturated carbocycles. The normalized spacial score (nSPS) is 20.6. The van der Waals surface area contributed by atoms with Gasteiger partial charge in [-0.3, -0.25) is 4.21 Å². The van der Waals surface area contributed by atoms with Crippen molar-refractivity contribution in [2.45, 2.75) is 71.8 Å². The van der Waals surface area contributed by atoms with Crippen molar-refractivity contribution in [3.05, 3.63) is 30.4 Å². The van der Waals surface area contributed by atoms with Crippen LogP contribution in [0, 0.1) is 36.3 Å². The molecule has 0 spiro atoms. The maximum absolute atomic E-state index is 12.8. The van der Waals surface area contributed by atoms with Gasteiger partial charge in [-0.2, -0.15) is 0 Å². The van der Waals surface area contributed by atoms with Crippen LogP contribution in [0.1, 0.15) is 55.4 Å². The molecule has 2 atom stereocenters. The minimum atomic E-state index is -1.14. The summed E-state index contributed by atoms with van der Waals surface area (Å²) in [7, 11) is -1.14. The SMILES string of the molecule is CC(C)[C@H](NC(=O)OC(C)(C)C)[C]1[CH][CH][CH][C]1[S@@](=O)C(C)(C)C. The molecule has 0 unspecified atom stereocenters. The van der Waals surface area contributed by atoms with Crippen LogP contribution in [0.5, 0.6) is 0 Å². The molecule has 1 aliphatic carbocycles. The molecule has 1 rings (SSSR count). The van der Waals surface area contributed by atoms with Crippen molar-refractivity contribution < 1.29 is 13.7 Å². The molecule has 0 aromatic carbocycles. The van der Waals surface area contributed by atoms with Gasteiger partial charge in [0, 0.05) is 27.5 Å². The smallest absolute Gasteiger partial charge is 0.407 e. The first-order chi connectivity index (χ1) is 10.3. The third kappa shape index (κ3) is 6.09. The predicted molar refractivity (Wildman–Crippen MR) is 95.3 cm³/mol. The van der Waals surface area contributed by atoms with Crippen LogP contribution in [-0.4, -0.2) is 26.7 Å². The number of hydrogen-bond acceptors (Lipinski definition) is 3. The average molecular weight is 341 g/mol. The lowest BCUT2D eigenvalue weighted by Gasteiger charge is -2.34. The Morgan fingerprint density at radius 1 is 1.13 bits per heavy atom. The summed E-state index contributed by atoms with van der Waals surface area (Å²) in [6.45, 7) is 15.4. The molecule has 1 aliphatic rings. The number of amides is 1. The van der Waals surface area contributed by atoms with Crippen LogP contribution in [0.4, 0.5) is 4.79 Å². The summed E-state index contributed by atoms with van der Waals surface area (Å²) in [5, 5.41) is 3.71. The lowest BCUT2D eigenvalue weighted by molar-refractivity contribution is 0.0496. The van der Waals surface area contributed by atoms with Gasteiger partial charge in [-0.05, 0) is 66.7 Å². The number of alkyl carbamates (subject to hydrolysis) is 1. The number of carbonyl (C=O) groups is 1. The fourth-order valence-electron chi connectivity index (χ4n) is 2.21. The highest BCUT2D eigenvalue weighted by Crippen LogP contribution is 2.43. The van der Waals surface area contributed by atoms with Crippen LogP contribution in [0.15, 0.2) is 0 Å². The maximum atomic E-state index is 12.8. The van der Waals surface area contributed by atoms with Gasteiger partial charge in [-0.15, -0.1) is 0 Å². The van der Waals surface area contributed by atoms with Gasteiger partial charge in [0.05, 0.1) is 5.25 Å². The van der Waals surface area contributed by atoms with E-state index >= 15 is 0 Å². The van der Waals surface area contributed by atoms with Crippen molar-refractivity contribution >= 4 is 16.9 Å². The lowest BCUT2D eigenvalue weighted by atomic mass is 9.89. The van der Waals surface area contributed by atoms with Gasteiger partial charge < -0.3 is 10.1 Å². The van der Waals surface area contributed by atoms with Crippen molar-refractivity contribution in [1.29, 1.82) is 0 Å². The largest absolute Gasteiger partial charge is 0.444 e. The van der Waals surface area contributed by atoms with E-state index in [0.29, 0.717) is 0 Å². The Hall–Kier alpha value is -0.580. The zero-order valence-electron chi connectivity index (χ0n) is 15.5. The van der Waals surface area contributed by atoms with E-state index in [-0.39, 0.29) is 16.7 Å². The molecule has 1 fully saturated rings. The average Bonchev–Trinajstić information content (AvgIpc) is 2.79. The Balaban J connectivity index is 2.88. The predicted octanol–water partition coefficient (Wildman–Crippen LogP) is 3.82. The number of nitrogens with one attached hydrogen (secondary N) is 1. The zero-order chi connectivity index (χ0) is 18.0. The molecule has 0 aliphatic heterocycles. The summed E-state index contributed by atoms with van der Waals surface area (Å²) < 4.78 is 17.8. The van der Waals surface area contributed by atoms with Gasteiger partial charge in [0.25, 0.3) is 0 Å². The van der Waals surface area contributed by atoms with Gasteiger partial charge in [0.15, 0.2) is 0 Å². The Labute approximate surface area is 144 Å². The molecule has 131 valence electrons. The third-order valence-corrected chi connectivity index (χ3v) is 5.12. The fourth-order valence-corrected chi connectivity index (χ4v) is 3.48. The van der Waals surface area contributed by atoms with Gasteiger partial charge in [-0.1, -0.05) is 13.8 Å². The fraction of sp³-hybridized carbons (Fsp3) is 0.667. The zero-order valence-corrected chi connectivity index (χ0v) is 16.3. The van der Waals surface area contributed by atoms with Crippen LogP contribution in [-0.2, 0) is 15.5 Å². The topological polar surface area (TPSA) is 55.4 Å². The quantitative estimate of drug-likeness (QED) is 0.846. The van der Waals surface area contributed by atoms with Gasteiger partial charge in [0.2, 0.25) is 0 Å². The summed E-state index contributed by atoms with van der Waals surface area (Å²) in [4.78, 5) is 12.1. The molecule has 0 aromatic heterocycles. The first kappa shape index (κ1) is 20.5. The number of rotatable bonds is 4. The Kier molecular flexibility index (Phi) is 6.71. The molecule has 0 aromatic rings. The standard InChI is InChI=1S/C18H30NO3S/c1-12(2)15(19-16(20)22-17(3,4)5)13-10-9-11-14(13)23(21)18(6,7)8/h9-12,15H,1-8H3,(H,19,20)/t15-,23+/m0/s1. The maximum Gasteiger partial charge on any atom is 0.407 e. The van der Waals surface area contributed by atoms with Crippen molar-refractivity contribution in [1.82, 2.24) is 5.32 Å². The molecule has 1 amide bonds. The molecule has 0 heterocycles. The van der Waals surface area contributed by atoms with E-state index in [1.807, 2.05) is 74.7 Å². The first-order valence-corrected chi connectivity index (χ1v) is 9.15. The monoisotopic (exact) mass is 340 g/mol. The molecular weight excluding hydrogens is 310 g/mol. The summed E-state index contributed by atoms with van der Waals surface area (Å²) in [5.41, 5.74) is -0.547. The van der Waals surface area contributed by atoms with E-state index in [9.17, 15) is 9.00 Å². The van der Waals surface area contributed by atoms with Gasteiger partial charge >= 0.3 is 6.09 Å². The molecule has 0 saturated heterocycles. The van der Waals surface area contributed by atoms with E-state index in [1.165, 1.54) is 0 Å². The van der Waals surface area contributed by atoms with Crippen molar-refractivity contribution in [3.8, 4) is 0 Å². The van der Waals surface area contributed by atoms with Gasteiger partial charge in [0.1, 0.15) is 5.60 Å². The summed E-state index contributed by atoms with van der Waals surface area (Å²) >= 11 is 0. The molecule has 23 heavy (non-hydrogen) atoms. The van der Waals surface area contributed by atoms with Crippen LogP contribution < -0.4 is 5.32 Å². The van der Waals surface area contributed by atoms with Crippen LogP contribution in [0.25, 0.3) is 0 Å². The third-order valence-electron chi connectivity index (χ3n) is 3.24. The second-order valence-corrected chi connectivity index (χ2v) is 10.3. The van der Waals surface area contributed by atoms with Crippen LogP contribution in [0.3, 0.4) is 0 Å². The molecule has 5 radical (unpaired) electrons. The Bertz CT molecular complexity index is 435. The summed E-state index contributed by atoms with van der Waals surface area (Å²) in [6, 6.07) is -0.235. The van der Waals surface area contributed by atoms with Crippen molar-refractivity contribution in [2.75, 3.05) is 0 Å². The number of hydrogen-bond donors (Lipinski definition) is 1. The summed E-state index contributed by atoms with van der Waals surface area (Å²) in [5.74, 6) is 1.06. The van der Waals surface area contributed by atoms with Gasteiger partial charge in [-0.25, -0.2) is 4.79 Å². The van der Waals surface area contributed by atoms with E-state index in [0.717, 1.165) is 11.2 Å². The highest BCUT2D eigenvalue weighted by molar-refractivity contribution is 7.89. The van der Waals surface area contributed by atoms with Crippen LogP contribution >= 0.6 is 0 Å². The highest BCUT2D eigenvalue weighted by atomic mass is 32.2. The molecule has 5 heteroatoms. The Morgan fingerprint density at radius 2 is 1.70 bits per heavy atom. The number of ether oxygens (including phenoxy) is 1. The van der Waals surface area contributed by atoms with E-state index in [1.54, 1.807) is 0 Å². The van der Waals surface area contributed by atoms with Crippen molar-refractivity contribution in [2.24, 2.45) is 5.92 Å². The molecular formula is C18H30NO3S. The second kappa shape index (κ2) is 7.54. The Morgan fingerprint density at radius 3 is 2.13 bits per heavy atom. The first-order valence-electron chi connectivity index (χ1n) is 8.00. The van der Waals surface area contributed by atoms with Crippen LogP contribution in [0.2, 0.25) is 0 Å². The van der Waals surface area contributed by atoms with E-state index in [4.69, 9.17) is 4.74 Å². The van der Waals surface area contributed by atoms with E-state index in [2.05, 4.69) is 5.32 Å². The van der Waals surface area contributed by atoms with E-state index < -0.39 is 22.5 Å². The second-order valence-electron chi connectivity index (χ2n) is 8.09. The summed E-state index contributed by atoms with van der Waals surface area (Å²) in [6.07, 6.45) is 5.24. The molecule has 1 N–H and O–H groups in total. The minimum Gasteiger partial charge on any atom is -0.444 e. The van der Waals surface area contributed by atoms with Crippen molar-refractivity contribution in [3.63, 3.8) is 0 Å². The minimum absolute atomic E-state index is 0.153.